The molecule has 0 saturated heterocycles. The van der Waals surface area contributed by atoms with Crippen molar-refractivity contribution in [1.29, 1.82) is 0 Å². The first-order chi connectivity index (χ1) is 12.8. The molecule has 2 atom stereocenters. The minimum absolute atomic E-state index is 0.118. The summed E-state index contributed by atoms with van der Waals surface area (Å²) in [4.78, 5) is 12.8. The van der Waals surface area contributed by atoms with Crippen molar-refractivity contribution in [2.75, 3.05) is 7.11 Å². The summed E-state index contributed by atoms with van der Waals surface area (Å²) in [5, 5.41) is 3.13. The van der Waals surface area contributed by atoms with Gasteiger partial charge in [0.1, 0.15) is 22.8 Å². The van der Waals surface area contributed by atoms with Gasteiger partial charge in [-0.3, -0.25) is 4.79 Å². The van der Waals surface area contributed by atoms with Crippen LogP contribution in [0, 0.1) is 6.92 Å². The van der Waals surface area contributed by atoms with Crippen molar-refractivity contribution in [2.24, 2.45) is 0 Å². The summed E-state index contributed by atoms with van der Waals surface area (Å²) in [5.41, 5.74) is 1.80. The average Bonchev–Trinajstić information content (AvgIpc) is 2.61. The fraction of sp³-hybridized carbons (Fsp3) is 0.409. The number of benzene rings is 2. The van der Waals surface area contributed by atoms with Gasteiger partial charge in [-0.05, 0) is 45.9 Å². The number of amides is 1. The van der Waals surface area contributed by atoms with Crippen molar-refractivity contribution in [3.05, 3.63) is 53.6 Å². The number of carbonyl (C=O) groups is 1. The minimum atomic E-state index is -0.628. The summed E-state index contributed by atoms with van der Waals surface area (Å²) in [6.45, 7) is 7.85. The van der Waals surface area contributed by atoms with E-state index in [1.165, 1.54) is 0 Å². The van der Waals surface area contributed by atoms with Crippen LogP contribution in [0.5, 0.6) is 17.2 Å². The molecule has 5 heteroatoms. The lowest BCUT2D eigenvalue weighted by atomic mass is 9.89. The molecule has 0 aromatic heterocycles. The van der Waals surface area contributed by atoms with E-state index in [1.54, 1.807) is 20.1 Å². The average molecular weight is 369 g/mol. The van der Waals surface area contributed by atoms with E-state index >= 15 is 0 Å². The normalized spacial score (nSPS) is 18.6. The molecule has 0 saturated carbocycles. The molecule has 5 nitrogen and oxygen atoms in total. The zero-order valence-corrected chi connectivity index (χ0v) is 16.5. The van der Waals surface area contributed by atoms with Gasteiger partial charge >= 0.3 is 0 Å². The van der Waals surface area contributed by atoms with Gasteiger partial charge in [-0.2, -0.15) is 0 Å². The summed E-state index contributed by atoms with van der Waals surface area (Å²) in [5.74, 6) is 1.95. The van der Waals surface area contributed by atoms with Gasteiger partial charge in [0.05, 0.1) is 13.2 Å². The van der Waals surface area contributed by atoms with Gasteiger partial charge in [-0.25, -0.2) is 0 Å². The number of hydrogen-bond acceptors (Lipinski definition) is 4. The number of rotatable bonds is 5. The van der Waals surface area contributed by atoms with Crippen LogP contribution in [0.1, 0.15) is 44.4 Å². The Bertz CT molecular complexity index is 831. The van der Waals surface area contributed by atoms with E-state index in [2.05, 4.69) is 11.4 Å². The van der Waals surface area contributed by atoms with Gasteiger partial charge in [0.25, 0.3) is 5.91 Å². The third kappa shape index (κ3) is 4.54. The first-order valence-electron chi connectivity index (χ1n) is 9.18. The number of aryl methyl sites for hydroxylation is 1. The van der Waals surface area contributed by atoms with Gasteiger partial charge in [0, 0.05) is 18.1 Å². The highest BCUT2D eigenvalue weighted by Gasteiger charge is 2.35. The maximum Gasteiger partial charge on any atom is 0.261 e. The molecule has 0 aliphatic carbocycles. The first-order valence-corrected chi connectivity index (χ1v) is 9.18. The number of nitrogens with one attached hydrogen (secondary N) is 1. The molecule has 0 bridgehead atoms. The molecular formula is C22H27NO4. The minimum Gasteiger partial charge on any atom is -0.497 e. The summed E-state index contributed by atoms with van der Waals surface area (Å²) in [7, 11) is 1.60. The van der Waals surface area contributed by atoms with Crippen molar-refractivity contribution in [1.82, 2.24) is 5.32 Å². The zero-order chi connectivity index (χ0) is 19.6. The quantitative estimate of drug-likeness (QED) is 0.859. The van der Waals surface area contributed by atoms with Crippen LogP contribution in [-0.4, -0.2) is 24.7 Å². The number of methoxy groups -OCH3 is 1. The molecule has 1 aliphatic heterocycles. The molecule has 0 fully saturated rings. The lowest BCUT2D eigenvalue weighted by Crippen LogP contribution is -2.44. The SMILES string of the molecule is COc1cccc(O[C@@H](C)C(=O)N[C@H]2CC(C)(C)Oc3ccc(C)cc32)c1. The second-order valence-electron chi connectivity index (χ2n) is 7.61. The van der Waals surface area contributed by atoms with Crippen molar-refractivity contribution >= 4 is 5.91 Å². The van der Waals surface area contributed by atoms with Gasteiger partial charge in [0.15, 0.2) is 6.10 Å². The third-order valence-electron chi connectivity index (χ3n) is 4.66. The molecule has 1 amide bonds. The predicted molar refractivity (Wildman–Crippen MR) is 104 cm³/mol. The van der Waals surface area contributed by atoms with Crippen molar-refractivity contribution < 1.29 is 19.0 Å². The Hall–Kier alpha value is -2.69. The van der Waals surface area contributed by atoms with E-state index in [1.807, 2.05) is 51.1 Å². The van der Waals surface area contributed by atoms with Crippen LogP contribution in [0.15, 0.2) is 42.5 Å². The Morgan fingerprint density at radius 3 is 2.70 bits per heavy atom. The van der Waals surface area contributed by atoms with Crippen LogP contribution in [0.4, 0.5) is 0 Å². The van der Waals surface area contributed by atoms with Crippen LogP contribution in [-0.2, 0) is 4.79 Å². The number of fused-ring (bicyclic) bond motifs is 1. The van der Waals surface area contributed by atoms with E-state index in [0.717, 1.165) is 16.9 Å². The molecular weight excluding hydrogens is 342 g/mol. The molecule has 1 aliphatic rings. The highest BCUT2D eigenvalue weighted by molar-refractivity contribution is 5.81. The fourth-order valence-corrected chi connectivity index (χ4v) is 3.32. The largest absolute Gasteiger partial charge is 0.497 e. The molecule has 27 heavy (non-hydrogen) atoms. The topological polar surface area (TPSA) is 56.8 Å². The monoisotopic (exact) mass is 369 g/mol. The lowest BCUT2D eigenvalue weighted by Gasteiger charge is -2.38. The number of hydrogen-bond donors (Lipinski definition) is 1. The van der Waals surface area contributed by atoms with E-state index in [0.29, 0.717) is 17.9 Å². The Morgan fingerprint density at radius 2 is 1.96 bits per heavy atom. The van der Waals surface area contributed by atoms with Gasteiger partial charge in [-0.1, -0.05) is 23.8 Å². The number of carbonyl (C=O) groups excluding carboxylic acids is 1. The van der Waals surface area contributed by atoms with E-state index in [4.69, 9.17) is 14.2 Å². The zero-order valence-electron chi connectivity index (χ0n) is 16.5. The van der Waals surface area contributed by atoms with Crippen LogP contribution in [0.3, 0.4) is 0 Å². The molecule has 1 N–H and O–H groups in total. The molecule has 0 radical (unpaired) electrons. The number of ether oxygens (including phenoxy) is 3. The highest BCUT2D eigenvalue weighted by atomic mass is 16.5. The standard InChI is InChI=1S/C22H27NO4/c1-14-9-10-20-18(11-14)19(13-22(3,4)27-20)23-21(24)15(2)26-17-8-6-7-16(12-17)25-5/h6-12,15,19H,13H2,1-5H3,(H,23,24)/t15-,19-/m0/s1. The van der Waals surface area contributed by atoms with Gasteiger partial charge < -0.3 is 19.5 Å². The van der Waals surface area contributed by atoms with Gasteiger partial charge in [0.2, 0.25) is 0 Å². The van der Waals surface area contributed by atoms with Crippen molar-refractivity contribution in [3.8, 4) is 17.2 Å². The Balaban J connectivity index is 1.74. The molecule has 1 heterocycles. The van der Waals surface area contributed by atoms with Crippen LogP contribution < -0.4 is 19.5 Å². The van der Waals surface area contributed by atoms with Crippen molar-refractivity contribution in [2.45, 2.75) is 51.9 Å². The highest BCUT2D eigenvalue weighted by Crippen LogP contribution is 2.39. The smallest absolute Gasteiger partial charge is 0.261 e. The molecule has 2 aromatic rings. The van der Waals surface area contributed by atoms with Crippen molar-refractivity contribution in [3.63, 3.8) is 0 Å². The predicted octanol–water partition coefficient (Wildman–Crippen LogP) is 4.19. The molecule has 3 rings (SSSR count). The summed E-state index contributed by atoms with van der Waals surface area (Å²) >= 11 is 0. The fourth-order valence-electron chi connectivity index (χ4n) is 3.32. The maximum atomic E-state index is 12.8. The van der Waals surface area contributed by atoms with Gasteiger partial charge in [-0.15, -0.1) is 0 Å². The summed E-state index contributed by atoms with van der Waals surface area (Å²) < 4.78 is 17.1. The van der Waals surface area contributed by atoms with Crippen LogP contribution >= 0.6 is 0 Å². The summed E-state index contributed by atoms with van der Waals surface area (Å²) in [6, 6.07) is 13.2. The van der Waals surface area contributed by atoms with E-state index < -0.39 is 6.10 Å². The van der Waals surface area contributed by atoms with E-state index in [9.17, 15) is 4.79 Å². The third-order valence-corrected chi connectivity index (χ3v) is 4.66. The summed E-state index contributed by atoms with van der Waals surface area (Å²) in [6.07, 6.45) is 0.0671. The molecule has 144 valence electrons. The van der Waals surface area contributed by atoms with E-state index in [-0.39, 0.29) is 17.6 Å². The molecule has 2 aromatic carbocycles. The lowest BCUT2D eigenvalue weighted by molar-refractivity contribution is -0.128. The Morgan fingerprint density at radius 1 is 1.22 bits per heavy atom. The molecule has 0 spiro atoms. The van der Waals surface area contributed by atoms with Crippen LogP contribution in [0.2, 0.25) is 0 Å². The molecule has 0 unspecified atom stereocenters. The Labute approximate surface area is 160 Å². The first kappa shape index (κ1) is 19.1. The van der Waals surface area contributed by atoms with Crippen LogP contribution in [0.25, 0.3) is 0 Å². The second kappa shape index (κ2) is 7.51. The Kier molecular flexibility index (Phi) is 5.31. The maximum absolute atomic E-state index is 12.8. The second-order valence-corrected chi connectivity index (χ2v) is 7.61.